The average Bonchev–Trinajstić information content (AvgIpc) is 3.15. The molecule has 1 aromatic carbocycles. The van der Waals surface area contributed by atoms with Gasteiger partial charge in [0.05, 0.1) is 0 Å². The van der Waals surface area contributed by atoms with Gasteiger partial charge in [0.2, 0.25) is 47.3 Å². The van der Waals surface area contributed by atoms with Gasteiger partial charge in [-0.15, -0.1) is 0 Å². The lowest BCUT2D eigenvalue weighted by atomic mass is 9.95. The van der Waals surface area contributed by atoms with Crippen molar-refractivity contribution in [2.45, 2.75) is 137 Å². The maximum atomic E-state index is 13.9. The average molecular weight is 850 g/mol. The lowest BCUT2D eigenvalue weighted by Gasteiger charge is -2.31. The van der Waals surface area contributed by atoms with Crippen LogP contribution < -0.4 is 49.1 Å². The van der Waals surface area contributed by atoms with Crippen LogP contribution >= 0.6 is 0 Å². The molecule has 0 aliphatic rings. The third-order valence-electron chi connectivity index (χ3n) is 9.28. The van der Waals surface area contributed by atoms with Crippen LogP contribution in [0.25, 0.3) is 0 Å². The molecule has 0 spiro atoms. The molecular weight excluding hydrogens is 782 g/mol. The summed E-state index contributed by atoms with van der Waals surface area (Å²) in [5.74, 6) is -7.79. The number of nitrogens with two attached hydrogens (primary N) is 3. The van der Waals surface area contributed by atoms with E-state index in [1.54, 1.807) is 53.7 Å². The van der Waals surface area contributed by atoms with Gasteiger partial charge in [-0.3, -0.25) is 43.2 Å². The molecule has 0 unspecified atom stereocenters. The van der Waals surface area contributed by atoms with Crippen LogP contribution in [0.4, 0.5) is 0 Å². The standard InChI is InChI=1S/C38H63N9O9.C2H4O2/c1-8-22(6)32(47-34(52)27(16-17-29(40)50)44-36(54)30(20(2)3)42-23(7)48)38(56)46-31(21(4)5)37(55)45-28(19-24-12-14-25(49)15-13-24)35(53)43-26(33(41)51)11-9-10-18-39;1-2(3)4/h12-15,20-22,26-28,30-32,49H,8-11,16-19,39H2,1-7H3,(H2,40,50)(H2,41,51)(H,42,48)(H,43,53)(H,44,54)(H,45,55)(H,46,56)(H,47,52);1H3,(H,3,4)/t22-,26-,27-,28-,30-,31-,32-;/m0./s1. The van der Waals surface area contributed by atoms with Crippen molar-refractivity contribution in [3.63, 3.8) is 0 Å². The van der Waals surface area contributed by atoms with Gasteiger partial charge in [0.15, 0.2) is 0 Å². The third-order valence-corrected chi connectivity index (χ3v) is 9.28. The number of primary amides is 2. The maximum absolute atomic E-state index is 13.9. The van der Waals surface area contributed by atoms with Crippen molar-refractivity contribution in [1.29, 1.82) is 0 Å². The van der Waals surface area contributed by atoms with Crippen LogP contribution in [0.1, 0.15) is 99.5 Å². The number of hydrogen-bond acceptors (Lipinski definition) is 11. The topological polar surface area (TPSA) is 344 Å². The number of aliphatic carboxylic acids is 1. The van der Waals surface area contributed by atoms with Gasteiger partial charge in [-0.1, -0.05) is 60.1 Å². The fraction of sp³-hybridized carbons (Fsp3) is 0.625. The zero-order valence-electron chi connectivity index (χ0n) is 36.0. The fourth-order valence-electron chi connectivity index (χ4n) is 5.69. The summed E-state index contributed by atoms with van der Waals surface area (Å²) in [6, 6.07) is -1.04. The van der Waals surface area contributed by atoms with E-state index in [1.165, 1.54) is 19.1 Å². The zero-order valence-corrected chi connectivity index (χ0v) is 36.0. The smallest absolute Gasteiger partial charge is 0.300 e. The first-order valence-corrected chi connectivity index (χ1v) is 20.0. The van der Waals surface area contributed by atoms with E-state index in [2.05, 4.69) is 31.9 Å². The third kappa shape index (κ3) is 21.3. The van der Waals surface area contributed by atoms with Crippen LogP contribution in [0, 0.1) is 17.8 Å². The van der Waals surface area contributed by atoms with Gasteiger partial charge < -0.3 is 59.3 Å². The molecule has 0 aliphatic carbocycles. The summed E-state index contributed by atoms with van der Waals surface area (Å²) in [6.07, 6.45) is 1.24. The Balaban J connectivity index is 0.00000829. The second-order valence-corrected chi connectivity index (χ2v) is 15.3. The summed E-state index contributed by atoms with van der Waals surface area (Å²) in [5, 5.41) is 33.0. The number of benzene rings is 1. The first kappa shape index (κ1) is 54.2. The minimum Gasteiger partial charge on any atom is -0.508 e. The van der Waals surface area contributed by atoms with Crippen molar-refractivity contribution in [2.24, 2.45) is 35.0 Å². The zero-order chi connectivity index (χ0) is 46.3. The molecule has 0 heterocycles. The van der Waals surface area contributed by atoms with Crippen LogP contribution in [0.15, 0.2) is 24.3 Å². The summed E-state index contributed by atoms with van der Waals surface area (Å²) in [7, 11) is 0. The van der Waals surface area contributed by atoms with Gasteiger partial charge in [-0.25, -0.2) is 0 Å². The van der Waals surface area contributed by atoms with Crippen LogP contribution in [-0.4, -0.2) is 106 Å². The van der Waals surface area contributed by atoms with Crippen molar-refractivity contribution in [2.75, 3.05) is 6.54 Å². The SMILES string of the molecule is CC(=O)O.CC[C@H](C)[C@H](NC(=O)[C@H](CCC(N)=O)NC(=O)[C@@H](NC(C)=O)C(C)C)C(=O)N[C@H](C(=O)N[C@@H](Cc1ccc(O)cc1)C(=O)N[C@@H](CCCCN)C(N)=O)C(C)C. The lowest BCUT2D eigenvalue weighted by molar-refractivity contribution is -0.137. The van der Waals surface area contributed by atoms with Gasteiger partial charge in [0.1, 0.15) is 42.0 Å². The van der Waals surface area contributed by atoms with Crippen molar-refractivity contribution >= 4 is 53.2 Å². The number of carbonyl (C=O) groups excluding carboxylic acids is 8. The Bertz CT molecular complexity index is 1600. The normalized spacial score (nSPS) is 14.3. The molecule has 8 amide bonds. The van der Waals surface area contributed by atoms with E-state index in [4.69, 9.17) is 27.1 Å². The number of nitrogens with one attached hydrogen (secondary N) is 6. The van der Waals surface area contributed by atoms with E-state index in [0.717, 1.165) is 6.92 Å². The van der Waals surface area contributed by atoms with Crippen LogP contribution in [0.2, 0.25) is 0 Å². The van der Waals surface area contributed by atoms with E-state index < -0.39 is 101 Å². The van der Waals surface area contributed by atoms with Gasteiger partial charge in [0, 0.05) is 26.7 Å². The van der Waals surface area contributed by atoms with E-state index >= 15 is 0 Å². The number of unbranched alkanes of at least 4 members (excludes halogenated alkanes) is 1. The van der Waals surface area contributed by atoms with E-state index in [0.29, 0.717) is 31.4 Å². The Hall–Kier alpha value is -5.79. The predicted octanol–water partition coefficient (Wildman–Crippen LogP) is -0.808. The first-order valence-electron chi connectivity index (χ1n) is 20.0. The molecule has 0 saturated carbocycles. The fourth-order valence-corrected chi connectivity index (χ4v) is 5.69. The highest BCUT2D eigenvalue weighted by molar-refractivity contribution is 5.97. The monoisotopic (exact) mass is 849 g/mol. The molecule has 0 saturated heterocycles. The van der Waals surface area contributed by atoms with E-state index in [-0.39, 0.29) is 37.4 Å². The second kappa shape index (κ2) is 27.8. The Labute approximate surface area is 351 Å². The Morgan fingerprint density at radius 3 is 1.52 bits per heavy atom. The Morgan fingerprint density at radius 2 is 1.07 bits per heavy atom. The van der Waals surface area contributed by atoms with Crippen LogP contribution in [0.3, 0.4) is 0 Å². The highest BCUT2D eigenvalue weighted by Crippen LogP contribution is 2.15. The molecule has 0 fully saturated rings. The number of phenols is 1. The molecule has 7 atom stereocenters. The van der Waals surface area contributed by atoms with Crippen LogP contribution in [0.5, 0.6) is 5.75 Å². The van der Waals surface area contributed by atoms with Gasteiger partial charge in [-0.2, -0.15) is 0 Å². The highest BCUT2D eigenvalue weighted by Gasteiger charge is 2.36. The number of phenolic OH excluding ortho intramolecular Hbond substituents is 1. The molecular formula is C40H67N9O11. The van der Waals surface area contributed by atoms with Crippen molar-refractivity contribution in [3.05, 3.63) is 29.8 Å². The molecule has 0 aliphatic heterocycles. The molecule has 1 rings (SSSR count). The second-order valence-electron chi connectivity index (χ2n) is 15.3. The molecule has 0 bridgehead atoms. The molecule has 60 heavy (non-hydrogen) atoms. The molecule has 0 aromatic heterocycles. The number of carbonyl (C=O) groups is 9. The Kier molecular flexibility index (Phi) is 25.1. The minimum atomic E-state index is -1.31. The number of amides is 8. The lowest BCUT2D eigenvalue weighted by Crippen LogP contribution is -2.62. The van der Waals surface area contributed by atoms with Gasteiger partial charge in [0.25, 0.3) is 5.97 Å². The van der Waals surface area contributed by atoms with E-state index in [1.807, 2.05) is 0 Å². The van der Waals surface area contributed by atoms with Crippen LogP contribution in [-0.2, 0) is 49.6 Å². The van der Waals surface area contributed by atoms with Crippen molar-refractivity contribution in [1.82, 2.24) is 31.9 Å². The molecule has 20 heteroatoms. The molecule has 20 nitrogen and oxygen atoms in total. The van der Waals surface area contributed by atoms with Crippen molar-refractivity contribution < 1.29 is 53.4 Å². The molecule has 338 valence electrons. The summed E-state index contributed by atoms with van der Waals surface area (Å²) >= 11 is 0. The number of aromatic hydroxyl groups is 1. The summed E-state index contributed by atoms with van der Waals surface area (Å²) in [4.78, 5) is 113. The number of rotatable bonds is 25. The predicted molar refractivity (Wildman–Crippen MR) is 222 cm³/mol. The summed E-state index contributed by atoms with van der Waals surface area (Å²) in [5.41, 5.74) is 17.0. The highest BCUT2D eigenvalue weighted by atomic mass is 16.4. The van der Waals surface area contributed by atoms with E-state index in [9.17, 15) is 43.5 Å². The number of carboxylic acids is 1. The quantitative estimate of drug-likeness (QED) is 0.0539. The first-order chi connectivity index (χ1) is 27.9. The van der Waals surface area contributed by atoms with Crippen molar-refractivity contribution in [3.8, 4) is 5.75 Å². The number of carboxylic acid groups (broad SMARTS) is 1. The molecule has 14 N–H and O–H groups in total. The van der Waals surface area contributed by atoms with Gasteiger partial charge >= 0.3 is 0 Å². The number of hydrogen-bond donors (Lipinski definition) is 11. The summed E-state index contributed by atoms with van der Waals surface area (Å²) < 4.78 is 0. The molecule has 0 radical (unpaired) electrons. The summed E-state index contributed by atoms with van der Waals surface area (Å²) in [6.45, 7) is 13.0. The molecule has 1 aromatic rings. The largest absolute Gasteiger partial charge is 0.508 e. The maximum Gasteiger partial charge on any atom is 0.300 e. The minimum absolute atomic E-state index is 0.00988. The van der Waals surface area contributed by atoms with Gasteiger partial charge in [-0.05, 0) is 67.7 Å². The Morgan fingerprint density at radius 1 is 0.617 bits per heavy atom.